The van der Waals surface area contributed by atoms with Gasteiger partial charge in [-0.1, -0.05) is 68.1 Å². The van der Waals surface area contributed by atoms with E-state index >= 15 is 0 Å². The monoisotopic (exact) mass is 703 g/mol. The summed E-state index contributed by atoms with van der Waals surface area (Å²) >= 11 is 0. The van der Waals surface area contributed by atoms with Gasteiger partial charge >= 0.3 is 12.2 Å². The van der Waals surface area contributed by atoms with Crippen molar-refractivity contribution in [3.63, 3.8) is 0 Å². The molecule has 3 saturated heterocycles. The van der Waals surface area contributed by atoms with E-state index in [0.717, 1.165) is 37.0 Å². The predicted molar refractivity (Wildman–Crippen MR) is 189 cm³/mol. The molecule has 13 nitrogen and oxygen atoms in total. The molecule has 0 saturated carbocycles. The topological polar surface area (TPSA) is 158 Å². The number of hydrogen-bond donors (Lipinski definition) is 1. The average Bonchev–Trinajstić information content (AvgIpc) is 4.01. The van der Waals surface area contributed by atoms with E-state index in [9.17, 15) is 19.5 Å². The molecule has 2 aromatic carbocycles. The van der Waals surface area contributed by atoms with Crippen LogP contribution >= 0.6 is 0 Å². The number of oxazole rings is 2. The van der Waals surface area contributed by atoms with E-state index in [1.54, 1.807) is 16.0 Å². The van der Waals surface area contributed by atoms with E-state index in [2.05, 4.69) is 14.4 Å². The number of amides is 2. The molecule has 2 amide bonds. The van der Waals surface area contributed by atoms with Crippen LogP contribution in [0.5, 0.6) is 0 Å². The number of aldehydes is 1. The van der Waals surface area contributed by atoms with Crippen LogP contribution in [0.25, 0.3) is 0 Å². The molecule has 0 bridgehead atoms. The second kappa shape index (κ2) is 24.2. The lowest BCUT2D eigenvalue weighted by molar-refractivity contribution is -0.110. The molecular weight excluding hydrogens is 655 g/mol. The van der Waals surface area contributed by atoms with E-state index < -0.39 is 6.10 Å². The second-order valence-electron chi connectivity index (χ2n) is 11.5. The van der Waals surface area contributed by atoms with Crippen molar-refractivity contribution in [1.82, 2.24) is 19.8 Å². The zero-order valence-electron chi connectivity index (χ0n) is 28.0. The zero-order chi connectivity index (χ0) is 34.5. The van der Waals surface area contributed by atoms with E-state index in [1.807, 2.05) is 60.7 Å². The lowest BCUT2D eigenvalue weighted by Gasteiger charge is -2.18. The Kier molecular flexibility index (Phi) is 20.1. The number of nitrogens with zero attached hydrogens (tertiary/aromatic N) is 4. The van der Waals surface area contributed by atoms with Gasteiger partial charge in [-0.3, -0.25) is 0 Å². The highest BCUT2D eigenvalue weighted by Crippen LogP contribution is 2.29. The molecule has 3 unspecified atom stereocenters. The summed E-state index contributed by atoms with van der Waals surface area (Å²) in [5.74, 6) is 0.187. The summed E-state index contributed by atoms with van der Waals surface area (Å²) < 4.78 is 25.0. The zero-order valence-corrected chi connectivity index (χ0v) is 28.0. The van der Waals surface area contributed by atoms with Crippen molar-refractivity contribution in [2.75, 3.05) is 39.4 Å². The van der Waals surface area contributed by atoms with Gasteiger partial charge in [-0.05, 0) is 36.8 Å². The first-order valence-electron chi connectivity index (χ1n) is 16.4. The minimum atomic E-state index is -0.790. The van der Waals surface area contributed by atoms with Crippen molar-refractivity contribution in [3.05, 3.63) is 109 Å². The van der Waals surface area contributed by atoms with E-state index in [0.29, 0.717) is 38.5 Å². The first-order chi connectivity index (χ1) is 24.0. The summed E-state index contributed by atoms with van der Waals surface area (Å²) in [4.78, 5) is 45.0. The van der Waals surface area contributed by atoms with Crippen molar-refractivity contribution in [2.24, 2.45) is 11.8 Å². The Labute approximate surface area is 301 Å². The summed E-state index contributed by atoms with van der Waals surface area (Å²) in [6, 6.07) is 19.1. The van der Waals surface area contributed by atoms with Gasteiger partial charge in [0, 0.05) is 59.6 Å². The summed E-state index contributed by atoms with van der Waals surface area (Å²) in [6.07, 6.45) is 10.8. The van der Waals surface area contributed by atoms with Crippen molar-refractivity contribution in [1.29, 1.82) is 0 Å². The van der Waals surface area contributed by atoms with Crippen LogP contribution in [-0.4, -0.2) is 91.2 Å². The third-order valence-corrected chi connectivity index (χ3v) is 7.89. The highest BCUT2D eigenvalue weighted by Gasteiger charge is 2.34. The van der Waals surface area contributed by atoms with E-state index in [4.69, 9.17) is 18.6 Å². The van der Waals surface area contributed by atoms with Crippen LogP contribution in [0.3, 0.4) is 0 Å². The minimum absolute atomic E-state index is 0. The van der Waals surface area contributed by atoms with Crippen LogP contribution in [0.1, 0.15) is 56.2 Å². The predicted octanol–water partition coefficient (Wildman–Crippen LogP) is 5.94. The maximum absolute atomic E-state index is 12.1. The van der Waals surface area contributed by atoms with Gasteiger partial charge in [0.25, 0.3) is 0 Å². The molecule has 273 valence electrons. The van der Waals surface area contributed by atoms with Crippen LogP contribution in [0.4, 0.5) is 9.59 Å². The maximum Gasteiger partial charge on any atom is 0.410 e. The number of benzene rings is 2. The molecule has 2 aromatic heterocycles. The Morgan fingerprint density at radius 3 is 1.88 bits per heavy atom. The molecule has 3 aliphatic rings. The quantitative estimate of drug-likeness (QED) is 0.180. The van der Waals surface area contributed by atoms with Gasteiger partial charge in [0.1, 0.15) is 38.1 Å². The second-order valence-corrected chi connectivity index (χ2v) is 11.5. The summed E-state index contributed by atoms with van der Waals surface area (Å²) in [7, 11) is 0. The lowest BCUT2D eigenvalue weighted by Crippen LogP contribution is -2.30. The SMILES string of the molecule is C.C1CCOC1.O=C(OCc1ccccc1)N1CCC(C(O)c2ncco2)C1.O=CC1CCN(C(=O)OCc2ccccc2)C1.[B].c1cocn1. The molecular formula is C37H48BN4O9. The maximum atomic E-state index is 12.1. The number of likely N-dealkylation sites (tertiary alicyclic amines) is 2. The average molecular weight is 704 g/mol. The molecule has 14 heteroatoms. The Hall–Kier alpha value is -4.95. The first-order valence-corrected chi connectivity index (χ1v) is 16.4. The summed E-state index contributed by atoms with van der Waals surface area (Å²) in [5.41, 5.74) is 1.92. The highest BCUT2D eigenvalue weighted by atomic mass is 16.6. The van der Waals surface area contributed by atoms with Gasteiger partial charge < -0.3 is 42.7 Å². The Morgan fingerprint density at radius 2 is 1.45 bits per heavy atom. The number of aliphatic hydroxyl groups is 1. The largest absolute Gasteiger partial charge is 0.452 e. The molecule has 1 N–H and O–H groups in total. The van der Waals surface area contributed by atoms with Gasteiger partial charge in [0.2, 0.25) is 5.89 Å². The molecule has 5 heterocycles. The molecule has 0 aliphatic carbocycles. The van der Waals surface area contributed by atoms with Crippen molar-refractivity contribution in [2.45, 2.75) is 52.4 Å². The molecule has 3 radical (unpaired) electrons. The highest BCUT2D eigenvalue weighted by molar-refractivity contribution is 5.75. The fraction of sp³-hybridized carbons (Fsp3) is 0.432. The van der Waals surface area contributed by atoms with Crippen molar-refractivity contribution >= 4 is 26.9 Å². The molecule has 51 heavy (non-hydrogen) atoms. The number of rotatable bonds is 7. The van der Waals surface area contributed by atoms with Gasteiger partial charge in [-0.25, -0.2) is 19.6 Å². The van der Waals surface area contributed by atoms with Crippen molar-refractivity contribution in [3.8, 4) is 0 Å². The number of ether oxygens (including phenoxy) is 3. The van der Waals surface area contributed by atoms with Gasteiger partial charge in [-0.15, -0.1) is 0 Å². The van der Waals surface area contributed by atoms with Crippen LogP contribution in [0.15, 0.2) is 101 Å². The van der Waals surface area contributed by atoms with Gasteiger partial charge in [0.15, 0.2) is 6.39 Å². The Bertz CT molecular complexity index is 1440. The number of carbonyl (C=O) groups excluding carboxylic acids is 3. The Balaban J connectivity index is 0.000000273. The lowest BCUT2D eigenvalue weighted by atomic mass is 10.0. The molecule has 0 spiro atoms. The standard InChI is InChI=1S/C16H18N2O4.C13H15NO3.C4H8O.C3H3NO.CH4.B/c19-14(15-17-7-9-21-15)13-6-8-18(10-13)16(20)22-11-12-4-2-1-3-5-12;15-9-12-6-7-14(8-12)13(16)17-10-11-4-2-1-3-5-11;1-2-4-5-3-1;1-2-5-3-4-1;;/h1-5,7,9,13-14,19H,6,8,10-11H2;1-5,9,12H,6-8,10H2;1-4H2;1-3H;1H4;. The van der Waals surface area contributed by atoms with Gasteiger partial charge in [0.05, 0.1) is 12.4 Å². The third-order valence-electron chi connectivity index (χ3n) is 7.89. The smallest absolute Gasteiger partial charge is 0.410 e. The summed E-state index contributed by atoms with van der Waals surface area (Å²) in [5, 5.41) is 10.2. The van der Waals surface area contributed by atoms with Crippen LogP contribution in [0.2, 0.25) is 0 Å². The molecule has 3 fully saturated rings. The Morgan fingerprint density at radius 1 is 0.863 bits per heavy atom. The van der Waals surface area contributed by atoms with E-state index in [-0.39, 0.29) is 53.1 Å². The number of carbonyl (C=O) groups is 3. The molecule has 7 rings (SSSR count). The number of hydrogen-bond acceptors (Lipinski definition) is 11. The van der Waals surface area contributed by atoms with Gasteiger partial charge in [-0.2, -0.15) is 0 Å². The first kappa shape index (κ1) is 42.2. The van der Waals surface area contributed by atoms with Crippen molar-refractivity contribution < 1.29 is 42.5 Å². The van der Waals surface area contributed by atoms with Crippen LogP contribution < -0.4 is 0 Å². The number of aromatic nitrogens is 2. The molecule has 3 aliphatic heterocycles. The fourth-order valence-electron chi connectivity index (χ4n) is 5.16. The normalized spacial score (nSPS) is 17.7. The van der Waals surface area contributed by atoms with Crippen LogP contribution in [-0.2, 0) is 32.2 Å². The minimum Gasteiger partial charge on any atom is -0.452 e. The van der Waals surface area contributed by atoms with E-state index in [1.165, 1.54) is 38.0 Å². The molecule has 3 atom stereocenters. The van der Waals surface area contributed by atoms with Crippen LogP contribution in [0, 0.1) is 11.8 Å². The number of aliphatic hydroxyl groups excluding tert-OH is 1. The fourth-order valence-corrected chi connectivity index (χ4v) is 5.16. The molecule has 4 aromatic rings. The third kappa shape index (κ3) is 15.2. The summed E-state index contributed by atoms with van der Waals surface area (Å²) in [6.45, 7) is 4.63.